The lowest BCUT2D eigenvalue weighted by Crippen LogP contribution is -2.19. The first-order valence-corrected chi connectivity index (χ1v) is 10.2. The molecule has 0 amide bonds. The summed E-state index contributed by atoms with van der Waals surface area (Å²) in [5.41, 5.74) is 2.70. The molecule has 0 spiro atoms. The average molecular weight is 382 g/mol. The van der Waals surface area contributed by atoms with Gasteiger partial charge in [0.2, 0.25) is 0 Å². The van der Waals surface area contributed by atoms with Crippen molar-refractivity contribution in [1.29, 1.82) is 0 Å². The number of hydrogen-bond acceptors (Lipinski definition) is 5. The summed E-state index contributed by atoms with van der Waals surface area (Å²) in [6.07, 6.45) is 0. The minimum absolute atomic E-state index is 0.183. The maximum atomic E-state index is 12.6. The maximum Gasteiger partial charge on any atom is 0.263 e. The molecule has 6 nitrogen and oxygen atoms in total. The standard InChI is InChI=1S/C20H22N4O2S/c1-4-24(17-8-6-5-7-9-17)20-13-12-19(21-22-20)23-27(25,26)18-11-10-15(2)14-16(18)3/h5-14H,4H2,1-3H3,(H,21,23). The SMILES string of the molecule is CCN(c1ccccc1)c1ccc(NS(=O)(=O)c2ccc(C)cc2C)nn1. The van der Waals surface area contributed by atoms with Crippen LogP contribution in [0.15, 0.2) is 65.6 Å². The van der Waals surface area contributed by atoms with E-state index in [1.165, 1.54) is 0 Å². The van der Waals surface area contributed by atoms with E-state index in [1.807, 2.05) is 55.1 Å². The van der Waals surface area contributed by atoms with E-state index in [0.29, 0.717) is 17.9 Å². The van der Waals surface area contributed by atoms with Crippen LogP contribution in [0.3, 0.4) is 0 Å². The Morgan fingerprint density at radius 2 is 1.70 bits per heavy atom. The van der Waals surface area contributed by atoms with E-state index < -0.39 is 10.0 Å². The second-order valence-electron chi connectivity index (χ2n) is 6.23. The van der Waals surface area contributed by atoms with Gasteiger partial charge in [0.25, 0.3) is 10.0 Å². The van der Waals surface area contributed by atoms with Gasteiger partial charge < -0.3 is 4.90 Å². The van der Waals surface area contributed by atoms with E-state index in [4.69, 9.17) is 0 Å². The van der Waals surface area contributed by atoms with Gasteiger partial charge >= 0.3 is 0 Å². The quantitative estimate of drug-likeness (QED) is 0.696. The van der Waals surface area contributed by atoms with Gasteiger partial charge in [0.15, 0.2) is 11.6 Å². The van der Waals surface area contributed by atoms with Gasteiger partial charge in [-0.2, -0.15) is 0 Å². The van der Waals surface area contributed by atoms with Gasteiger partial charge in [-0.3, -0.25) is 4.72 Å². The molecule has 2 aromatic carbocycles. The Morgan fingerprint density at radius 3 is 2.30 bits per heavy atom. The number of rotatable bonds is 6. The zero-order valence-corrected chi connectivity index (χ0v) is 16.4. The summed E-state index contributed by atoms with van der Waals surface area (Å²) < 4.78 is 27.8. The van der Waals surface area contributed by atoms with Crippen LogP contribution >= 0.6 is 0 Å². The van der Waals surface area contributed by atoms with Crippen molar-refractivity contribution in [3.05, 3.63) is 71.8 Å². The molecule has 7 heteroatoms. The summed E-state index contributed by atoms with van der Waals surface area (Å²) >= 11 is 0. The second-order valence-corrected chi connectivity index (χ2v) is 7.88. The molecule has 0 bridgehead atoms. The molecule has 0 saturated heterocycles. The van der Waals surface area contributed by atoms with E-state index in [1.54, 1.807) is 31.2 Å². The molecular formula is C20H22N4O2S. The van der Waals surface area contributed by atoms with Gasteiger partial charge in [-0.05, 0) is 56.7 Å². The molecule has 0 aliphatic carbocycles. The Hall–Kier alpha value is -2.93. The molecule has 0 aliphatic rings. The maximum absolute atomic E-state index is 12.6. The van der Waals surface area contributed by atoms with Gasteiger partial charge in [0.1, 0.15) is 0 Å². The van der Waals surface area contributed by atoms with Gasteiger partial charge in [0.05, 0.1) is 4.90 Å². The van der Waals surface area contributed by atoms with Gasteiger partial charge in [-0.1, -0.05) is 35.9 Å². The molecule has 0 aliphatic heterocycles. The summed E-state index contributed by atoms with van der Waals surface area (Å²) in [5, 5.41) is 8.24. The van der Waals surface area contributed by atoms with Crippen LogP contribution in [0.4, 0.5) is 17.3 Å². The van der Waals surface area contributed by atoms with Crippen molar-refractivity contribution in [3.63, 3.8) is 0 Å². The number of aryl methyl sites for hydroxylation is 2. The van der Waals surface area contributed by atoms with Crippen LogP contribution in [-0.2, 0) is 10.0 Å². The third-order valence-corrected chi connectivity index (χ3v) is 5.68. The van der Waals surface area contributed by atoms with Crippen LogP contribution in [0.2, 0.25) is 0 Å². The Labute approximate surface area is 159 Å². The monoisotopic (exact) mass is 382 g/mol. The number of aromatic nitrogens is 2. The predicted molar refractivity (Wildman–Crippen MR) is 108 cm³/mol. The normalized spacial score (nSPS) is 11.2. The highest BCUT2D eigenvalue weighted by Crippen LogP contribution is 2.24. The predicted octanol–water partition coefficient (Wildman–Crippen LogP) is 4.05. The summed E-state index contributed by atoms with van der Waals surface area (Å²) in [6, 6.07) is 18.4. The lowest BCUT2D eigenvalue weighted by atomic mass is 10.2. The second kappa shape index (κ2) is 7.75. The van der Waals surface area contributed by atoms with Crippen molar-refractivity contribution in [2.45, 2.75) is 25.7 Å². The topological polar surface area (TPSA) is 75.2 Å². The molecule has 0 radical (unpaired) electrons. The van der Waals surface area contributed by atoms with Gasteiger partial charge in [-0.25, -0.2) is 8.42 Å². The number of anilines is 3. The van der Waals surface area contributed by atoms with E-state index in [-0.39, 0.29) is 10.7 Å². The highest BCUT2D eigenvalue weighted by Gasteiger charge is 2.18. The molecular weight excluding hydrogens is 360 g/mol. The Balaban J connectivity index is 1.83. The molecule has 1 N–H and O–H groups in total. The number of nitrogens with zero attached hydrogens (tertiary/aromatic N) is 3. The van der Waals surface area contributed by atoms with Crippen molar-refractivity contribution >= 4 is 27.3 Å². The number of nitrogens with one attached hydrogen (secondary N) is 1. The molecule has 3 aromatic rings. The first-order chi connectivity index (χ1) is 12.9. The zero-order chi connectivity index (χ0) is 19.4. The van der Waals surface area contributed by atoms with Crippen LogP contribution in [0.1, 0.15) is 18.1 Å². The summed E-state index contributed by atoms with van der Waals surface area (Å²) in [6.45, 7) is 6.43. The molecule has 0 unspecified atom stereocenters. The van der Waals surface area contributed by atoms with Gasteiger partial charge in [-0.15, -0.1) is 10.2 Å². The number of hydrogen-bond donors (Lipinski definition) is 1. The highest BCUT2D eigenvalue weighted by molar-refractivity contribution is 7.92. The lowest BCUT2D eigenvalue weighted by molar-refractivity contribution is 0.600. The molecule has 140 valence electrons. The minimum atomic E-state index is -3.72. The van der Waals surface area contributed by atoms with E-state index in [9.17, 15) is 8.42 Å². The van der Waals surface area contributed by atoms with E-state index in [2.05, 4.69) is 14.9 Å². The van der Waals surface area contributed by atoms with Crippen molar-refractivity contribution in [2.24, 2.45) is 0 Å². The molecule has 0 saturated carbocycles. The fraction of sp³-hybridized carbons (Fsp3) is 0.200. The fourth-order valence-electron chi connectivity index (χ4n) is 2.90. The van der Waals surface area contributed by atoms with Crippen LogP contribution < -0.4 is 9.62 Å². The molecule has 0 fully saturated rings. The Kier molecular flexibility index (Phi) is 5.41. The van der Waals surface area contributed by atoms with Crippen LogP contribution in [0, 0.1) is 13.8 Å². The largest absolute Gasteiger partial charge is 0.325 e. The first kappa shape index (κ1) is 18.8. The smallest absolute Gasteiger partial charge is 0.263 e. The van der Waals surface area contributed by atoms with Crippen LogP contribution in [-0.4, -0.2) is 25.2 Å². The third kappa shape index (κ3) is 4.25. The van der Waals surface area contributed by atoms with Gasteiger partial charge in [0, 0.05) is 12.2 Å². The summed E-state index contributed by atoms with van der Waals surface area (Å²) in [7, 11) is -3.72. The van der Waals surface area contributed by atoms with Crippen molar-refractivity contribution < 1.29 is 8.42 Å². The average Bonchev–Trinajstić information content (AvgIpc) is 2.64. The molecule has 0 atom stereocenters. The summed E-state index contributed by atoms with van der Waals surface area (Å²) in [4.78, 5) is 2.23. The summed E-state index contributed by atoms with van der Waals surface area (Å²) in [5.74, 6) is 0.834. The molecule has 27 heavy (non-hydrogen) atoms. The molecule has 1 heterocycles. The lowest BCUT2D eigenvalue weighted by Gasteiger charge is -2.21. The van der Waals surface area contributed by atoms with E-state index in [0.717, 1.165) is 11.3 Å². The number of sulfonamides is 1. The molecule has 1 aromatic heterocycles. The van der Waals surface area contributed by atoms with Crippen molar-refractivity contribution in [3.8, 4) is 0 Å². The Morgan fingerprint density at radius 1 is 0.963 bits per heavy atom. The highest BCUT2D eigenvalue weighted by atomic mass is 32.2. The van der Waals surface area contributed by atoms with Crippen molar-refractivity contribution in [1.82, 2.24) is 10.2 Å². The zero-order valence-electron chi connectivity index (χ0n) is 15.5. The number of benzene rings is 2. The minimum Gasteiger partial charge on any atom is -0.325 e. The third-order valence-electron chi connectivity index (χ3n) is 4.17. The van der Waals surface area contributed by atoms with Crippen LogP contribution in [0.5, 0.6) is 0 Å². The first-order valence-electron chi connectivity index (χ1n) is 8.67. The van der Waals surface area contributed by atoms with E-state index >= 15 is 0 Å². The fourth-order valence-corrected chi connectivity index (χ4v) is 4.13. The van der Waals surface area contributed by atoms with Crippen molar-refractivity contribution in [2.75, 3.05) is 16.2 Å². The Bertz CT molecular complexity index is 1020. The molecule has 3 rings (SSSR count). The number of para-hydroxylation sites is 1. The van der Waals surface area contributed by atoms with Crippen LogP contribution in [0.25, 0.3) is 0 Å².